The van der Waals surface area contributed by atoms with Crippen LogP contribution in [-0.2, 0) is 0 Å². The van der Waals surface area contributed by atoms with E-state index in [0.717, 1.165) is 37.5 Å². The molecule has 5 heteroatoms. The molecule has 1 aromatic rings. The number of nitrogens with zero attached hydrogens (tertiary/aromatic N) is 2. The van der Waals surface area contributed by atoms with Crippen LogP contribution in [0.25, 0.3) is 0 Å². The number of benzene rings is 1. The molecule has 2 N–H and O–H groups in total. The Hall–Kier alpha value is -1.17. The Balaban J connectivity index is 2.27. The van der Waals surface area contributed by atoms with E-state index < -0.39 is 0 Å². The monoisotopic (exact) mass is 279 g/mol. The number of thiocarbonyl (C=S) groups is 1. The minimum Gasteiger partial charge on any atom is -0.496 e. The molecule has 0 aliphatic carbocycles. The Morgan fingerprint density at radius 3 is 2.47 bits per heavy atom. The lowest BCUT2D eigenvalue weighted by Crippen LogP contribution is -2.48. The molecule has 1 saturated heterocycles. The molecule has 1 unspecified atom stereocenters. The van der Waals surface area contributed by atoms with Crippen LogP contribution in [0.4, 0.5) is 0 Å². The van der Waals surface area contributed by atoms with E-state index in [0.29, 0.717) is 4.99 Å². The first-order valence-corrected chi connectivity index (χ1v) is 6.89. The summed E-state index contributed by atoms with van der Waals surface area (Å²) in [6.07, 6.45) is 0. The Labute approximate surface area is 120 Å². The number of rotatable bonds is 4. The number of ether oxygens (including phenoxy) is 1. The fourth-order valence-corrected chi connectivity index (χ4v) is 2.78. The molecule has 4 nitrogen and oxygen atoms in total. The number of para-hydroxylation sites is 1. The van der Waals surface area contributed by atoms with E-state index in [1.165, 1.54) is 0 Å². The highest BCUT2D eigenvalue weighted by atomic mass is 32.1. The molecule has 1 heterocycles. The van der Waals surface area contributed by atoms with Crippen LogP contribution >= 0.6 is 12.2 Å². The van der Waals surface area contributed by atoms with Crippen LogP contribution in [0.2, 0.25) is 0 Å². The number of methoxy groups -OCH3 is 1. The summed E-state index contributed by atoms with van der Waals surface area (Å²) >= 11 is 5.28. The van der Waals surface area contributed by atoms with E-state index >= 15 is 0 Å². The topological polar surface area (TPSA) is 41.7 Å². The summed E-state index contributed by atoms with van der Waals surface area (Å²) in [4.78, 5) is 5.16. The van der Waals surface area contributed by atoms with Crippen LogP contribution in [0.1, 0.15) is 11.6 Å². The number of hydrogen-bond donors (Lipinski definition) is 1. The zero-order valence-corrected chi connectivity index (χ0v) is 12.3. The van der Waals surface area contributed by atoms with E-state index in [1.54, 1.807) is 7.11 Å². The molecule has 2 rings (SSSR count). The smallest absolute Gasteiger partial charge is 0.124 e. The highest BCUT2D eigenvalue weighted by Crippen LogP contribution is 2.30. The average Bonchev–Trinajstić information content (AvgIpc) is 2.41. The molecule has 1 aromatic carbocycles. The van der Waals surface area contributed by atoms with Gasteiger partial charge in [-0.2, -0.15) is 0 Å². The van der Waals surface area contributed by atoms with E-state index in [9.17, 15) is 0 Å². The molecule has 0 aromatic heterocycles. The van der Waals surface area contributed by atoms with E-state index in [2.05, 4.69) is 16.8 Å². The largest absolute Gasteiger partial charge is 0.496 e. The molecule has 0 saturated carbocycles. The van der Waals surface area contributed by atoms with Crippen molar-refractivity contribution in [3.8, 4) is 5.75 Å². The molecule has 1 atom stereocenters. The molecule has 1 aliphatic heterocycles. The van der Waals surface area contributed by atoms with Crippen LogP contribution in [0, 0.1) is 0 Å². The van der Waals surface area contributed by atoms with Crippen molar-refractivity contribution in [3.05, 3.63) is 29.8 Å². The number of nitrogens with two attached hydrogens (primary N) is 1. The number of likely N-dealkylation sites (N-methyl/N-ethyl adjacent to an activating group) is 1. The Morgan fingerprint density at radius 2 is 1.89 bits per heavy atom. The van der Waals surface area contributed by atoms with Crippen molar-refractivity contribution < 1.29 is 4.74 Å². The summed E-state index contributed by atoms with van der Waals surface area (Å²) in [7, 11) is 3.82. The van der Waals surface area contributed by atoms with Crippen LogP contribution in [0.3, 0.4) is 0 Å². The third-order valence-corrected chi connectivity index (χ3v) is 3.83. The maximum atomic E-state index is 5.98. The second-order valence-corrected chi connectivity index (χ2v) is 5.36. The molecule has 19 heavy (non-hydrogen) atoms. The summed E-state index contributed by atoms with van der Waals surface area (Å²) < 4.78 is 5.44. The molecule has 1 aliphatic rings. The molecule has 104 valence electrons. The summed E-state index contributed by atoms with van der Waals surface area (Å²) in [5, 5.41) is 0. The van der Waals surface area contributed by atoms with Crippen LogP contribution in [0.15, 0.2) is 24.3 Å². The van der Waals surface area contributed by atoms with Gasteiger partial charge in [0, 0.05) is 31.7 Å². The molecular formula is C14H21N3OS. The molecule has 0 amide bonds. The summed E-state index contributed by atoms with van der Waals surface area (Å²) in [6.45, 7) is 4.01. The normalized spacial score (nSPS) is 19.1. The minimum absolute atomic E-state index is 0.0418. The van der Waals surface area contributed by atoms with Gasteiger partial charge in [-0.25, -0.2) is 0 Å². The second kappa shape index (κ2) is 6.32. The first-order chi connectivity index (χ1) is 9.13. The lowest BCUT2D eigenvalue weighted by molar-refractivity contribution is 0.136. The van der Waals surface area contributed by atoms with Gasteiger partial charge in [0.05, 0.1) is 18.1 Å². The third-order valence-electron chi connectivity index (χ3n) is 3.61. The Morgan fingerprint density at radius 1 is 1.26 bits per heavy atom. The van der Waals surface area contributed by atoms with E-state index in [4.69, 9.17) is 22.7 Å². The fourth-order valence-electron chi connectivity index (χ4n) is 2.50. The van der Waals surface area contributed by atoms with Crippen molar-refractivity contribution in [2.24, 2.45) is 5.73 Å². The van der Waals surface area contributed by atoms with Crippen molar-refractivity contribution in [2.75, 3.05) is 40.3 Å². The van der Waals surface area contributed by atoms with Gasteiger partial charge in [-0.1, -0.05) is 30.4 Å². The summed E-state index contributed by atoms with van der Waals surface area (Å²) in [5.74, 6) is 0.847. The lowest BCUT2D eigenvalue weighted by atomic mass is 10.0. The van der Waals surface area contributed by atoms with Crippen molar-refractivity contribution >= 4 is 17.2 Å². The number of hydrogen-bond acceptors (Lipinski definition) is 4. The quantitative estimate of drug-likeness (QED) is 0.841. The van der Waals surface area contributed by atoms with Crippen molar-refractivity contribution in [2.45, 2.75) is 6.04 Å². The van der Waals surface area contributed by atoms with Gasteiger partial charge in [-0.3, -0.25) is 4.90 Å². The summed E-state index contributed by atoms with van der Waals surface area (Å²) in [6, 6.07) is 7.92. The third kappa shape index (κ3) is 3.23. The van der Waals surface area contributed by atoms with Crippen LogP contribution in [-0.4, -0.2) is 55.1 Å². The van der Waals surface area contributed by atoms with Gasteiger partial charge in [0.1, 0.15) is 5.75 Å². The molecule has 0 spiro atoms. The first kappa shape index (κ1) is 14.2. The standard InChI is InChI=1S/C14H21N3OS/c1-16-7-9-17(10-8-16)13(14(15)19)11-5-3-4-6-12(11)18-2/h3-6,13H,7-10H2,1-2H3,(H2,15,19). The Bertz CT molecular complexity index is 444. The maximum absolute atomic E-state index is 5.98. The molecule has 0 radical (unpaired) electrons. The Kier molecular flexibility index (Phi) is 4.74. The minimum atomic E-state index is -0.0418. The van der Waals surface area contributed by atoms with Gasteiger partial charge in [-0.15, -0.1) is 0 Å². The van der Waals surface area contributed by atoms with Gasteiger partial charge < -0.3 is 15.4 Å². The van der Waals surface area contributed by atoms with Gasteiger partial charge in [0.2, 0.25) is 0 Å². The van der Waals surface area contributed by atoms with Gasteiger partial charge in [0.25, 0.3) is 0 Å². The van der Waals surface area contributed by atoms with E-state index in [-0.39, 0.29) is 6.04 Å². The maximum Gasteiger partial charge on any atom is 0.124 e. The fraction of sp³-hybridized carbons (Fsp3) is 0.500. The molecule has 0 bridgehead atoms. The van der Waals surface area contributed by atoms with Crippen molar-refractivity contribution in [1.29, 1.82) is 0 Å². The van der Waals surface area contributed by atoms with Gasteiger partial charge in [0.15, 0.2) is 0 Å². The van der Waals surface area contributed by atoms with Gasteiger partial charge in [-0.05, 0) is 13.1 Å². The van der Waals surface area contributed by atoms with Crippen LogP contribution < -0.4 is 10.5 Å². The predicted octanol–water partition coefficient (Wildman–Crippen LogP) is 1.27. The lowest BCUT2D eigenvalue weighted by Gasteiger charge is -2.38. The molecule has 1 fully saturated rings. The highest BCUT2D eigenvalue weighted by Gasteiger charge is 2.27. The zero-order valence-electron chi connectivity index (χ0n) is 11.5. The first-order valence-electron chi connectivity index (χ1n) is 6.48. The number of piperazine rings is 1. The van der Waals surface area contributed by atoms with Gasteiger partial charge >= 0.3 is 0 Å². The average molecular weight is 279 g/mol. The van der Waals surface area contributed by atoms with Crippen molar-refractivity contribution in [1.82, 2.24) is 9.80 Å². The SMILES string of the molecule is COc1ccccc1C(C(N)=S)N1CCN(C)CC1. The predicted molar refractivity (Wildman–Crippen MR) is 81.6 cm³/mol. The van der Waals surface area contributed by atoms with Crippen LogP contribution in [0.5, 0.6) is 5.75 Å². The highest BCUT2D eigenvalue weighted by molar-refractivity contribution is 7.80. The van der Waals surface area contributed by atoms with Crippen molar-refractivity contribution in [3.63, 3.8) is 0 Å². The second-order valence-electron chi connectivity index (χ2n) is 4.89. The summed E-state index contributed by atoms with van der Waals surface area (Å²) in [5.41, 5.74) is 7.04. The van der Waals surface area contributed by atoms with E-state index in [1.807, 2.05) is 24.3 Å². The molecular weight excluding hydrogens is 258 g/mol. The zero-order chi connectivity index (χ0) is 13.8.